The highest BCUT2D eigenvalue weighted by Gasteiger charge is 2.03. The molecule has 4 aromatic rings. The summed E-state index contributed by atoms with van der Waals surface area (Å²) in [4.78, 5) is 4.39. The van der Waals surface area contributed by atoms with Crippen LogP contribution in [0.1, 0.15) is 16.7 Å². The van der Waals surface area contributed by atoms with E-state index in [2.05, 4.69) is 39.9 Å². The fraction of sp³-hybridized carbons (Fsp3) is 0.125. The maximum absolute atomic E-state index is 6.07. The lowest BCUT2D eigenvalue weighted by atomic mass is 10.1. The Balaban J connectivity index is 1.32. The van der Waals surface area contributed by atoms with E-state index in [1.54, 1.807) is 6.20 Å². The minimum absolute atomic E-state index is 0.697. The van der Waals surface area contributed by atoms with Gasteiger partial charge in [-0.3, -0.25) is 4.98 Å². The number of nitrogens with zero attached hydrogens (tertiary/aromatic N) is 1. The topological polar surface area (TPSA) is 37.0 Å². The van der Waals surface area contributed by atoms with Gasteiger partial charge < -0.3 is 10.6 Å². The highest BCUT2D eigenvalue weighted by Crippen LogP contribution is 2.24. The predicted molar refractivity (Wildman–Crippen MR) is 123 cm³/mol. The maximum Gasteiger partial charge on any atom is 0.0737 e. The van der Waals surface area contributed by atoms with E-state index in [1.165, 1.54) is 16.7 Å². The van der Waals surface area contributed by atoms with Crippen molar-refractivity contribution in [1.82, 2.24) is 10.3 Å². The van der Waals surface area contributed by atoms with Crippen molar-refractivity contribution in [2.45, 2.75) is 19.6 Å². The van der Waals surface area contributed by atoms with Crippen LogP contribution in [0.2, 0.25) is 10.0 Å². The van der Waals surface area contributed by atoms with E-state index < -0.39 is 0 Å². The first-order chi connectivity index (χ1) is 14.2. The van der Waals surface area contributed by atoms with E-state index in [-0.39, 0.29) is 0 Å². The molecule has 29 heavy (non-hydrogen) atoms. The molecule has 0 saturated heterocycles. The van der Waals surface area contributed by atoms with Gasteiger partial charge >= 0.3 is 0 Å². The SMILES string of the molecule is Clc1ccc(CNCc2ccc(CNc3ccnc4cc(Cl)ccc34)cc2)cc1. The molecule has 0 unspecified atom stereocenters. The van der Waals surface area contributed by atoms with E-state index in [0.29, 0.717) is 5.02 Å². The van der Waals surface area contributed by atoms with Gasteiger partial charge in [-0.2, -0.15) is 0 Å². The summed E-state index contributed by atoms with van der Waals surface area (Å²) < 4.78 is 0. The van der Waals surface area contributed by atoms with E-state index in [1.807, 2.05) is 48.5 Å². The quantitative estimate of drug-likeness (QED) is 0.360. The predicted octanol–water partition coefficient (Wildman–Crippen LogP) is 6.44. The normalized spacial score (nSPS) is 11.0. The van der Waals surface area contributed by atoms with Crippen LogP contribution in [0, 0.1) is 0 Å². The Labute approximate surface area is 180 Å². The zero-order valence-corrected chi connectivity index (χ0v) is 17.3. The molecule has 0 saturated carbocycles. The summed E-state index contributed by atoms with van der Waals surface area (Å²) in [5.74, 6) is 0. The van der Waals surface area contributed by atoms with Crippen molar-refractivity contribution in [3.63, 3.8) is 0 Å². The van der Waals surface area contributed by atoms with Crippen molar-refractivity contribution >= 4 is 39.8 Å². The van der Waals surface area contributed by atoms with Crippen molar-refractivity contribution in [3.8, 4) is 0 Å². The van der Waals surface area contributed by atoms with Crippen LogP contribution >= 0.6 is 23.2 Å². The molecule has 1 heterocycles. The van der Waals surface area contributed by atoms with Crippen molar-refractivity contribution in [3.05, 3.63) is 106 Å². The van der Waals surface area contributed by atoms with Gasteiger partial charge in [0.1, 0.15) is 0 Å². The third-order valence-electron chi connectivity index (χ3n) is 4.78. The fourth-order valence-electron chi connectivity index (χ4n) is 3.20. The zero-order valence-electron chi connectivity index (χ0n) is 15.8. The van der Waals surface area contributed by atoms with Gasteiger partial charge in [0, 0.05) is 46.9 Å². The van der Waals surface area contributed by atoms with E-state index >= 15 is 0 Å². The molecule has 4 rings (SSSR count). The van der Waals surface area contributed by atoms with Crippen LogP contribution in [0.15, 0.2) is 79.0 Å². The smallest absolute Gasteiger partial charge is 0.0737 e. The zero-order chi connectivity index (χ0) is 20.1. The van der Waals surface area contributed by atoms with Crippen LogP contribution in [-0.2, 0) is 19.6 Å². The molecule has 0 fully saturated rings. The molecule has 0 bridgehead atoms. The molecular formula is C24H21Cl2N3. The third-order valence-corrected chi connectivity index (χ3v) is 5.27. The Bertz CT molecular complexity index is 1090. The monoisotopic (exact) mass is 421 g/mol. The molecule has 3 aromatic carbocycles. The summed E-state index contributed by atoms with van der Waals surface area (Å²) >= 11 is 12.0. The van der Waals surface area contributed by atoms with Crippen molar-refractivity contribution < 1.29 is 0 Å². The number of fused-ring (bicyclic) bond motifs is 1. The molecule has 2 N–H and O–H groups in total. The molecular weight excluding hydrogens is 401 g/mol. The second kappa shape index (κ2) is 9.27. The third kappa shape index (κ3) is 5.27. The van der Waals surface area contributed by atoms with Crippen molar-refractivity contribution in [1.29, 1.82) is 0 Å². The van der Waals surface area contributed by atoms with E-state index in [9.17, 15) is 0 Å². The largest absolute Gasteiger partial charge is 0.380 e. The van der Waals surface area contributed by atoms with Gasteiger partial charge in [0.15, 0.2) is 0 Å². The Hall–Kier alpha value is -2.59. The molecule has 0 aliphatic carbocycles. The van der Waals surface area contributed by atoms with Crippen LogP contribution in [0.4, 0.5) is 5.69 Å². The molecule has 146 valence electrons. The van der Waals surface area contributed by atoms with Gasteiger partial charge in [0.25, 0.3) is 0 Å². The number of hydrogen-bond donors (Lipinski definition) is 2. The van der Waals surface area contributed by atoms with Crippen LogP contribution in [0.25, 0.3) is 10.9 Å². The summed E-state index contributed by atoms with van der Waals surface area (Å²) in [6, 6.07) is 24.3. The Kier molecular flexibility index (Phi) is 6.30. The van der Waals surface area contributed by atoms with Crippen LogP contribution in [0.3, 0.4) is 0 Å². The minimum atomic E-state index is 0.697. The van der Waals surface area contributed by atoms with Crippen molar-refractivity contribution in [2.75, 3.05) is 5.32 Å². The first kappa shape index (κ1) is 19.7. The number of hydrogen-bond acceptors (Lipinski definition) is 3. The van der Waals surface area contributed by atoms with E-state index in [0.717, 1.165) is 41.2 Å². The summed E-state index contributed by atoms with van der Waals surface area (Å²) in [5, 5.41) is 9.50. The molecule has 3 nitrogen and oxygen atoms in total. The number of aromatic nitrogens is 1. The van der Waals surface area contributed by atoms with Crippen LogP contribution in [0.5, 0.6) is 0 Å². The van der Waals surface area contributed by atoms with Crippen molar-refractivity contribution in [2.24, 2.45) is 0 Å². The highest BCUT2D eigenvalue weighted by atomic mass is 35.5. The Morgan fingerprint density at radius 1 is 0.655 bits per heavy atom. The maximum atomic E-state index is 6.07. The number of nitrogens with one attached hydrogen (secondary N) is 2. The lowest BCUT2D eigenvalue weighted by Crippen LogP contribution is -2.12. The Morgan fingerprint density at radius 2 is 1.24 bits per heavy atom. The summed E-state index contributed by atoms with van der Waals surface area (Å²) in [7, 11) is 0. The van der Waals surface area contributed by atoms with Gasteiger partial charge in [0.2, 0.25) is 0 Å². The second-order valence-electron chi connectivity index (χ2n) is 6.92. The molecule has 0 atom stereocenters. The van der Waals surface area contributed by atoms with E-state index in [4.69, 9.17) is 23.2 Å². The number of benzene rings is 3. The first-order valence-electron chi connectivity index (χ1n) is 9.48. The van der Waals surface area contributed by atoms with Crippen LogP contribution < -0.4 is 10.6 Å². The number of pyridine rings is 1. The number of halogens is 2. The Morgan fingerprint density at radius 3 is 1.93 bits per heavy atom. The average Bonchev–Trinajstić information content (AvgIpc) is 2.74. The van der Waals surface area contributed by atoms with Gasteiger partial charge in [-0.05, 0) is 53.1 Å². The molecule has 1 aromatic heterocycles. The molecule has 5 heteroatoms. The average molecular weight is 422 g/mol. The van der Waals surface area contributed by atoms with Gasteiger partial charge in [-0.25, -0.2) is 0 Å². The number of anilines is 1. The minimum Gasteiger partial charge on any atom is -0.380 e. The van der Waals surface area contributed by atoms with Gasteiger partial charge in [-0.15, -0.1) is 0 Å². The summed E-state index contributed by atoms with van der Waals surface area (Å²) in [5.41, 5.74) is 5.66. The summed E-state index contributed by atoms with van der Waals surface area (Å²) in [6.07, 6.45) is 1.80. The number of rotatable bonds is 7. The lowest BCUT2D eigenvalue weighted by Gasteiger charge is -2.11. The molecule has 0 radical (unpaired) electrons. The highest BCUT2D eigenvalue weighted by molar-refractivity contribution is 6.31. The lowest BCUT2D eigenvalue weighted by molar-refractivity contribution is 0.693. The van der Waals surface area contributed by atoms with Gasteiger partial charge in [0.05, 0.1) is 5.52 Å². The standard InChI is InChI=1S/C24H21Cl2N3/c25-20-7-5-18(6-8-20)15-27-14-17-1-3-19(4-2-17)16-29-23-11-12-28-24-13-21(26)9-10-22(23)24/h1-13,27H,14-16H2,(H,28,29). The molecule has 0 amide bonds. The first-order valence-corrected chi connectivity index (χ1v) is 10.2. The van der Waals surface area contributed by atoms with Crippen LogP contribution in [-0.4, -0.2) is 4.98 Å². The fourth-order valence-corrected chi connectivity index (χ4v) is 3.49. The second-order valence-corrected chi connectivity index (χ2v) is 7.79. The molecule has 0 aliphatic heterocycles. The molecule has 0 spiro atoms. The van der Waals surface area contributed by atoms with Gasteiger partial charge in [-0.1, -0.05) is 59.6 Å². The summed E-state index contributed by atoms with van der Waals surface area (Å²) in [6.45, 7) is 2.39. The molecule has 0 aliphatic rings.